The molecular weight excluding hydrogens is 506 g/mol. The summed E-state index contributed by atoms with van der Waals surface area (Å²) in [4.78, 5) is 50.9. The van der Waals surface area contributed by atoms with Gasteiger partial charge in [0, 0.05) is 13.0 Å². The van der Waals surface area contributed by atoms with Crippen LogP contribution in [0.4, 0.5) is 4.79 Å². The Bertz CT molecular complexity index is 961. The fourth-order valence-corrected chi connectivity index (χ4v) is 3.69. The maximum Gasteiger partial charge on any atom is 0.408 e. The number of benzene rings is 1. The highest BCUT2D eigenvalue weighted by atomic mass is 16.6. The molecule has 3 atom stereocenters. The number of carbonyl (C=O) groups is 4. The van der Waals surface area contributed by atoms with E-state index in [-0.39, 0.29) is 70.7 Å². The molecule has 4 N–H and O–H groups in total. The van der Waals surface area contributed by atoms with E-state index < -0.39 is 35.5 Å². The highest BCUT2D eigenvalue weighted by Crippen LogP contribution is 2.22. The number of alkyl carbamates (subject to hydrolysis) is 1. The molecule has 39 heavy (non-hydrogen) atoms. The second-order valence-corrected chi connectivity index (χ2v) is 10.3. The number of allylic oxidation sites excluding steroid dienone is 1. The van der Waals surface area contributed by atoms with E-state index in [2.05, 4.69) is 16.0 Å². The quantitative estimate of drug-likeness (QED) is 0.197. The van der Waals surface area contributed by atoms with Gasteiger partial charge in [-0.1, -0.05) is 63.3 Å². The summed E-state index contributed by atoms with van der Waals surface area (Å²) in [7, 11) is 0. The Kier molecular flexibility index (Phi) is 13.4. The lowest BCUT2D eigenvalue weighted by molar-refractivity contribution is -0.148. The van der Waals surface area contributed by atoms with Crippen molar-refractivity contribution in [3.05, 3.63) is 48.0 Å². The summed E-state index contributed by atoms with van der Waals surface area (Å²) in [5, 5.41) is 17.0. The summed E-state index contributed by atoms with van der Waals surface area (Å²) in [6.07, 6.45) is 2.99. The summed E-state index contributed by atoms with van der Waals surface area (Å²) in [5.41, 5.74) is 0.356. The summed E-state index contributed by atoms with van der Waals surface area (Å²) in [6, 6.07) is 7.66. The lowest BCUT2D eigenvalue weighted by atomic mass is 9.86. The number of hydrogen-bond donors (Lipinski definition) is 4. The summed E-state index contributed by atoms with van der Waals surface area (Å²) in [6.45, 7) is 6.27. The second kappa shape index (κ2) is 16.5. The van der Waals surface area contributed by atoms with Crippen molar-refractivity contribution in [3.63, 3.8) is 0 Å². The number of rotatable bonds is 10. The Morgan fingerprint density at radius 2 is 1.82 bits per heavy atom. The average molecular weight is 548 g/mol. The molecule has 0 unspecified atom stereocenters. The van der Waals surface area contributed by atoms with Crippen LogP contribution in [0.1, 0.15) is 45.6 Å². The van der Waals surface area contributed by atoms with Gasteiger partial charge in [-0.05, 0) is 23.8 Å². The van der Waals surface area contributed by atoms with Gasteiger partial charge in [-0.15, -0.1) is 0 Å². The Morgan fingerprint density at radius 3 is 2.51 bits per heavy atom. The van der Waals surface area contributed by atoms with Gasteiger partial charge in [-0.3, -0.25) is 9.59 Å². The van der Waals surface area contributed by atoms with E-state index >= 15 is 0 Å². The van der Waals surface area contributed by atoms with Crippen LogP contribution in [0.3, 0.4) is 0 Å². The third-order valence-electron chi connectivity index (χ3n) is 6.11. The number of aliphatic hydroxyl groups excluding tert-OH is 1. The lowest BCUT2D eigenvalue weighted by Gasteiger charge is -2.33. The fourth-order valence-electron chi connectivity index (χ4n) is 3.69. The molecule has 0 bridgehead atoms. The maximum absolute atomic E-state index is 13.1. The first-order valence-corrected chi connectivity index (χ1v) is 13.1. The number of hydrogen-bond acceptors (Lipinski definition) is 8. The van der Waals surface area contributed by atoms with Gasteiger partial charge in [0.15, 0.2) is 0 Å². The molecule has 2 rings (SSSR count). The van der Waals surface area contributed by atoms with Crippen LogP contribution < -0.4 is 16.0 Å². The van der Waals surface area contributed by atoms with E-state index in [0.717, 1.165) is 5.56 Å². The van der Waals surface area contributed by atoms with Crippen molar-refractivity contribution in [3.8, 4) is 0 Å². The number of nitrogens with one attached hydrogen (secondary N) is 3. The van der Waals surface area contributed by atoms with Crippen LogP contribution >= 0.6 is 0 Å². The number of cyclic esters (lactones) is 1. The summed E-state index contributed by atoms with van der Waals surface area (Å²) < 4.78 is 15.9. The van der Waals surface area contributed by atoms with Crippen LogP contribution in [0.25, 0.3) is 0 Å². The zero-order valence-corrected chi connectivity index (χ0v) is 22.9. The molecule has 0 aliphatic carbocycles. The molecule has 11 heteroatoms. The van der Waals surface area contributed by atoms with Gasteiger partial charge in [-0.2, -0.15) is 0 Å². The molecule has 0 saturated heterocycles. The SMILES string of the molecule is CC(C)(C)[C@H]1COC(=O)[C@H](NC(=O)OCc2ccccc2)CC=CC[C@H](CC(=O)NCCOCCO)C(=O)N1. The van der Waals surface area contributed by atoms with Crippen molar-refractivity contribution in [1.29, 1.82) is 0 Å². The summed E-state index contributed by atoms with van der Waals surface area (Å²) >= 11 is 0. The molecule has 1 aliphatic rings. The molecular formula is C28H41N3O8. The molecule has 3 amide bonds. The summed E-state index contributed by atoms with van der Waals surface area (Å²) in [5.74, 6) is -1.91. The van der Waals surface area contributed by atoms with Crippen molar-refractivity contribution in [2.75, 3.05) is 33.0 Å². The lowest BCUT2D eigenvalue weighted by Crippen LogP contribution is -2.51. The third kappa shape index (κ3) is 12.3. The fraction of sp³-hybridized carbons (Fsp3) is 0.571. The predicted molar refractivity (Wildman–Crippen MR) is 143 cm³/mol. The molecule has 0 saturated carbocycles. The van der Waals surface area contributed by atoms with Crippen LogP contribution in [0, 0.1) is 11.3 Å². The van der Waals surface area contributed by atoms with Crippen LogP contribution in [0.2, 0.25) is 0 Å². The number of amides is 3. The molecule has 1 heterocycles. The zero-order chi connectivity index (χ0) is 28.7. The van der Waals surface area contributed by atoms with Crippen molar-refractivity contribution < 1.29 is 38.5 Å². The molecule has 216 valence electrons. The number of carbonyl (C=O) groups excluding carboxylic acids is 4. The maximum atomic E-state index is 13.1. The van der Waals surface area contributed by atoms with E-state index in [0.29, 0.717) is 0 Å². The van der Waals surface area contributed by atoms with E-state index in [4.69, 9.17) is 19.3 Å². The number of aliphatic hydroxyl groups is 1. The molecule has 0 fully saturated rings. The molecule has 0 spiro atoms. The van der Waals surface area contributed by atoms with Gasteiger partial charge < -0.3 is 35.3 Å². The minimum Gasteiger partial charge on any atom is -0.462 e. The minimum absolute atomic E-state index is 0.0414. The van der Waals surface area contributed by atoms with Crippen LogP contribution in [0.15, 0.2) is 42.5 Å². The van der Waals surface area contributed by atoms with Gasteiger partial charge in [0.25, 0.3) is 0 Å². The molecule has 11 nitrogen and oxygen atoms in total. The topological polar surface area (TPSA) is 152 Å². The minimum atomic E-state index is -0.985. The van der Waals surface area contributed by atoms with Gasteiger partial charge in [0.1, 0.15) is 19.3 Å². The molecule has 0 aromatic heterocycles. The van der Waals surface area contributed by atoms with Gasteiger partial charge in [0.2, 0.25) is 11.8 Å². The Balaban J connectivity index is 2.06. The van der Waals surface area contributed by atoms with Crippen molar-refractivity contribution in [1.82, 2.24) is 16.0 Å². The Morgan fingerprint density at radius 1 is 1.10 bits per heavy atom. The van der Waals surface area contributed by atoms with E-state index in [1.165, 1.54) is 0 Å². The van der Waals surface area contributed by atoms with Crippen LogP contribution in [0.5, 0.6) is 0 Å². The van der Waals surface area contributed by atoms with Crippen molar-refractivity contribution in [2.45, 2.75) is 58.7 Å². The second-order valence-electron chi connectivity index (χ2n) is 10.3. The largest absolute Gasteiger partial charge is 0.462 e. The first-order valence-electron chi connectivity index (χ1n) is 13.1. The first-order chi connectivity index (χ1) is 18.6. The zero-order valence-electron chi connectivity index (χ0n) is 22.9. The van der Waals surface area contributed by atoms with E-state index in [9.17, 15) is 19.2 Å². The molecule has 1 aromatic carbocycles. The number of esters is 1. The smallest absolute Gasteiger partial charge is 0.408 e. The van der Waals surface area contributed by atoms with Crippen LogP contribution in [-0.2, 0) is 35.2 Å². The monoisotopic (exact) mass is 547 g/mol. The molecule has 1 aromatic rings. The molecule has 0 radical (unpaired) electrons. The van der Waals surface area contributed by atoms with Crippen LogP contribution in [-0.4, -0.2) is 74.0 Å². The van der Waals surface area contributed by atoms with Gasteiger partial charge in [-0.25, -0.2) is 9.59 Å². The molecule has 1 aliphatic heterocycles. The highest BCUT2D eigenvalue weighted by molar-refractivity contribution is 5.86. The van der Waals surface area contributed by atoms with Crippen molar-refractivity contribution in [2.24, 2.45) is 11.3 Å². The Hall–Kier alpha value is -3.44. The highest BCUT2D eigenvalue weighted by Gasteiger charge is 2.32. The Labute approximate surface area is 229 Å². The predicted octanol–water partition coefficient (Wildman–Crippen LogP) is 1.84. The average Bonchev–Trinajstić information content (AvgIpc) is 2.89. The third-order valence-corrected chi connectivity index (χ3v) is 6.11. The van der Waals surface area contributed by atoms with Gasteiger partial charge >= 0.3 is 12.1 Å². The normalized spacial score (nSPS) is 20.6. The first kappa shape index (κ1) is 31.8. The standard InChI is InChI=1S/C28H41N3O8/c1-28(2,3)23-19-38-26(35)22(30-27(36)39-18-20-9-5-4-6-10-20)12-8-7-11-21(25(34)31-23)17-24(33)29-13-15-37-16-14-32/h4-10,21-23,32H,11-19H2,1-3H3,(H,29,33)(H,30,36)(H,31,34)/t21-,22-,23-/m1/s1. The van der Waals surface area contributed by atoms with Crippen molar-refractivity contribution >= 4 is 23.9 Å². The van der Waals surface area contributed by atoms with Gasteiger partial charge in [0.05, 0.1) is 31.8 Å². The number of ether oxygens (including phenoxy) is 3. The van der Waals surface area contributed by atoms with E-state index in [1.807, 2.05) is 51.1 Å². The van der Waals surface area contributed by atoms with E-state index in [1.54, 1.807) is 12.2 Å².